The highest BCUT2D eigenvalue weighted by atomic mass is 16.2. The molecule has 1 amide bonds. The third-order valence-electron chi connectivity index (χ3n) is 4.02. The van der Waals surface area contributed by atoms with Crippen LogP contribution in [0.2, 0.25) is 0 Å². The number of aryl methyl sites for hydroxylation is 1. The van der Waals surface area contributed by atoms with Crippen LogP contribution in [0.3, 0.4) is 0 Å². The number of amides is 1. The summed E-state index contributed by atoms with van der Waals surface area (Å²) in [5.41, 5.74) is 4.13. The van der Waals surface area contributed by atoms with E-state index in [0.717, 1.165) is 26.1 Å². The van der Waals surface area contributed by atoms with E-state index in [1.807, 2.05) is 6.92 Å². The van der Waals surface area contributed by atoms with Crippen LogP contribution in [0.4, 0.5) is 0 Å². The van der Waals surface area contributed by atoms with Crippen molar-refractivity contribution in [3.63, 3.8) is 0 Å². The Labute approximate surface area is 122 Å². The minimum Gasteiger partial charge on any atom is -0.354 e. The van der Waals surface area contributed by atoms with Gasteiger partial charge in [0, 0.05) is 19.6 Å². The van der Waals surface area contributed by atoms with Crippen LogP contribution in [0, 0.1) is 12.8 Å². The van der Waals surface area contributed by atoms with Gasteiger partial charge in [-0.05, 0) is 37.3 Å². The largest absolute Gasteiger partial charge is 0.354 e. The molecule has 0 aliphatic carbocycles. The first-order chi connectivity index (χ1) is 9.47. The summed E-state index contributed by atoms with van der Waals surface area (Å²) in [5.74, 6) is 0.644. The highest BCUT2D eigenvalue weighted by Gasteiger charge is 2.25. The first-order valence-corrected chi connectivity index (χ1v) is 7.57. The zero-order valence-corrected chi connectivity index (χ0v) is 13.1. The van der Waals surface area contributed by atoms with Crippen LogP contribution in [0.15, 0.2) is 18.2 Å². The molecule has 0 saturated carbocycles. The molecule has 0 spiro atoms. The van der Waals surface area contributed by atoms with Crippen LogP contribution in [0.5, 0.6) is 0 Å². The van der Waals surface area contributed by atoms with Crippen LogP contribution in [0.25, 0.3) is 0 Å². The SMILES string of the molecule is Cc1ccc2c(c1)CCN(C(C)C(=O)NCC(C)C)C2. The van der Waals surface area contributed by atoms with Crippen LogP contribution < -0.4 is 5.32 Å². The fourth-order valence-corrected chi connectivity index (χ4v) is 2.65. The van der Waals surface area contributed by atoms with Crippen LogP contribution in [-0.4, -0.2) is 29.9 Å². The van der Waals surface area contributed by atoms with Crippen molar-refractivity contribution in [2.45, 2.75) is 46.7 Å². The van der Waals surface area contributed by atoms with Gasteiger partial charge >= 0.3 is 0 Å². The van der Waals surface area contributed by atoms with Crippen molar-refractivity contribution in [3.05, 3.63) is 34.9 Å². The van der Waals surface area contributed by atoms with Crippen molar-refractivity contribution in [2.75, 3.05) is 13.1 Å². The van der Waals surface area contributed by atoms with E-state index < -0.39 is 0 Å². The molecule has 1 aliphatic heterocycles. The number of rotatable bonds is 4. The molecule has 0 fully saturated rings. The summed E-state index contributed by atoms with van der Waals surface area (Å²) in [7, 11) is 0. The molecule has 0 saturated heterocycles. The van der Waals surface area contributed by atoms with Crippen molar-refractivity contribution >= 4 is 5.91 Å². The van der Waals surface area contributed by atoms with E-state index in [0.29, 0.717) is 5.92 Å². The third kappa shape index (κ3) is 3.60. The van der Waals surface area contributed by atoms with Gasteiger partial charge in [-0.2, -0.15) is 0 Å². The molecule has 110 valence electrons. The molecule has 3 heteroatoms. The van der Waals surface area contributed by atoms with E-state index in [1.54, 1.807) is 0 Å². The number of hydrogen-bond donors (Lipinski definition) is 1. The molecule has 1 aromatic rings. The van der Waals surface area contributed by atoms with E-state index in [-0.39, 0.29) is 11.9 Å². The van der Waals surface area contributed by atoms with Crippen LogP contribution in [-0.2, 0) is 17.8 Å². The molecule has 1 atom stereocenters. The zero-order chi connectivity index (χ0) is 14.7. The summed E-state index contributed by atoms with van der Waals surface area (Å²) in [6, 6.07) is 6.58. The van der Waals surface area contributed by atoms with Crippen molar-refractivity contribution in [3.8, 4) is 0 Å². The third-order valence-corrected chi connectivity index (χ3v) is 4.02. The van der Waals surface area contributed by atoms with Crippen molar-refractivity contribution in [1.29, 1.82) is 0 Å². The monoisotopic (exact) mass is 274 g/mol. The van der Waals surface area contributed by atoms with Gasteiger partial charge in [-0.1, -0.05) is 37.6 Å². The van der Waals surface area contributed by atoms with Gasteiger partial charge < -0.3 is 5.32 Å². The second-order valence-electron chi connectivity index (χ2n) is 6.31. The van der Waals surface area contributed by atoms with Gasteiger partial charge in [0.25, 0.3) is 0 Å². The molecule has 0 bridgehead atoms. The Kier molecular flexibility index (Phi) is 4.81. The van der Waals surface area contributed by atoms with Crippen LogP contribution >= 0.6 is 0 Å². The van der Waals surface area contributed by atoms with E-state index in [1.165, 1.54) is 16.7 Å². The maximum Gasteiger partial charge on any atom is 0.237 e. The van der Waals surface area contributed by atoms with Gasteiger partial charge in [-0.25, -0.2) is 0 Å². The second-order valence-corrected chi connectivity index (χ2v) is 6.31. The fraction of sp³-hybridized carbons (Fsp3) is 0.588. The number of fused-ring (bicyclic) bond motifs is 1. The number of hydrogen-bond acceptors (Lipinski definition) is 2. The predicted octanol–water partition coefficient (Wildman–Crippen LogP) is 2.51. The van der Waals surface area contributed by atoms with Gasteiger partial charge in [0.05, 0.1) is 6.04 Å². The maximum atomic E-state index is 12.2. The lowest BCUT2D eigenvalue weighted by molar-refractivity contribution is -0.126. The summed E-state index contributed by atoms with van der Waals surface area (Å²) in [6.45, 7) is 11.0. The molecule has 1 N–H and O–H groups in total. The molecular weight excluding hydrogens is 248 g/mol. The van der Waals surface area contributed by atoms with Crippen molar-refractivity contribution in [1.82, 2.24) is 10.2 Å². The lowest BCUT2D eigenvalue weighted by Crippen LogP contribution is -2.47. The Hall–Kier alpha value is -1.35. The number of nitrogens with one attached hydrogen (secondary N) is 1. The van der Waals surface area contributed by atoms with Gasteiger partial charge in [-0.15, -0.1) is 0 Å². The lowest BCUT2D eigenvalue weighted by Gasteiger charge is -2.33. The molecule has 1 aliphatic rings. The van der Waals surface area contributed by atoms with Gasteiger partial charge in [0.1, 0.15) is 0 Å². The Morgan fingerprint density at radius 1 is 1.30 bits per heavy atom. The number of nitrogens with zero attached hydrogens (tertiary/aromatic N) is 1. The standard InChI is InChI=1S/C17H26N2O/c1-12(2)10-18-17(20)14(4)19-8-7-15-9-13(3)5-6-16(15)11-19/h5-6,9,12,14H,7-8,10-11H2,1-4H3,(H,18,20). The van der Waals surface area contributed by atoms with Gasteiger partial charge in [0.2, 0.25) is 5.91 Å². The topological polar surface area (TPSA) is 32.3 Å². The summed E-state index contributed by atoms with van der Waals surface area (Å²) in [5, 5.41) is 3.03. The Morgan fingerprint density at radius 3 is 2.75 bits per heavy atom. The molecule has 3 nitrogen and oxygen atoms in total. The second kappa shape index (κ2) is 6.40. The van der Waals surface area contributed by atoms with E-state index in [9.17, 15) is 4.79 Å². The lowest BCUT2D eigenvalue weighted by atomic mass is 9.96. The first kappa shape index (κ1) is 15.0. The molecule has 20 heavy (non-hydrogen) atoms. The van der Waals surface area contributed by atoms with Crippen molar-refractivity contribution < 1.29 is 4.79 Å². The van der Waals surface area contributed by atoms with E-state index >= 15 is 0 Å². The molecular formula is C17H26N2O. The molecule has 1 aromatic carbocycles. The molecule has 2 rings (SSSR count). The summed E-state index contributed by atoms with van der Waals surface area (Å²) in [4.78, 5) is 14.4. The smallest absolute Gasteiger partial charge is 0.237 e. The number of carbonyl (C=O) groups is 1. The maximum absolute atomic E-state index is 12.2. The number of carbonyl (C=O) groups excluding carboxylic acids is 1. The molecule has 0 radical (unpaired) electrons. The highest BCUT2D eigenvalue weighted by molar-refractivity contribution is 5.81. The minimum absolute atomic E-state index is 0.0526. The van der Waals surface area contributed by atoms with Crippen molar-refractivity contribution in [2.24, 2.45) is 5.92 Å². The Balaban J connectivity index is 1.98. The van der Waals surface area contributed by atoms with E-state index in [4.69, 9.17) is 0 Å². The quantitative estimate of drug-likeness (QED) is 0.915. The molecule has 1 unspecified atom stereocenters. The normalized spacial score (nSPS) is 16.9. The number of benzene rings is 1. The zero-order valence-electron chi connectivity index (χ0n) is 13.1. The summed E-state index contributed by atoms with van der Waals surface area (Å²) < 4.78 is 0. The predicted molar refractivity (Wildman–Crippen MR) is 82.6 cm³/mol. The van der Waals surface area contributed by atoms with Crippen LogP contribution in [0.1, 0.15) is 37.5 Å². The van der Waals surface area contributed by atoms with E-state index in [2.05, 4.69) is 49.2 Å². The molecule has 1 heterocycles. The fourth-order valence-electron chi connectivity index (χ4n) is 2.65. The van der Waals surface area contributed by atoms with Gasteiger partial charge in [-0.3, -0.25) is 9.69 Å². The summed E-state index contributed by atoms with van der Waals surface area (Å²) >= 11 is 0. The first-order valence-electron chi connectivity index (χ1n) is 7.57. The highest BCUT2D eigenvalue weighted by Crippen LogP contribution is 2.21. The van der Waals surface area contributed by atoms with Gasteiger partial charge in [0.15, 0.2) is 0 Å². The Bertz CT molecular complexity index is 482. The Morgan fingerprint density at radius 2 is 2.05 bits per heavy atom. The average molecular weight is 274 g/mol. The minimum atomic E-state index is -0.0526. The molecule has 0 aromatic heterocycles. The average Bonchev–Trinajstić information content (AvgIpc) is 2.43. The summed E-state index contributed by atoms with van der Waals surface area (Å²) in [6.07, 6.45) is 1.04.